The molecule has 0 N–H and O–H groups in total. The molecule has 0 aliphatic carbocycles. The molecule has 0 atom stereocenters. The molecule has 0 spiro atoms. The predicted octanol–water partition coefficient (Wildman–Crippen LogP) is 2.79. The van der Waals surface area contributed by atoms with Crippen molar-refractivity contribution in [1.82, 2.24) is 4.57 Å². The molecule has 0 unspecified atom stereocenters. The molecule has 0 saturated heterocycles. The molecule has 0 radical (unpaired) electrons. The Balaban J connectivity index is 2.24. The van der Waals surface area contributed by atoms with Gasteiger partial charge in [0, 0.05) is 0 Å². The van der Waals surface area contributed by atoms with Crippen LogP contribution in [0.4, 0.5) is 0 Å². The summed E-state index contributed by atoms with van der Waals surface area (Å²) in [6.07, 6.45) is 0.866. The van der Waals surface area contributed by atoms with Crippen molar-refractivity contribution in [2.45, 2.75) is 24.1 Å². The lowest BCUT2D eigenvalue weighted by Crippen LogP contribution is -2.22. The van der Waals surface area contributed by atoms with Gasteiger partial charge in [0.05, 0.1) is 17.3 Å². The second-order valence-corrected chi connectivity index (χ2v) is 8.99. The first-order valence-corrected chi connectivity index (χ1v) is 10.6. The molecule has 132 valence electrons. The number of hydrogen-bond donors (Lipinski definition) is 0. The number of aromatic nitrogens is 1. The number of thiophene rings is 1. The van der Waals surface area contributed by atoms with E-state index in [1.807, 2.05) is 25.1 Å². The zero-order valence-corrected chi connectivity index (χ0v) is 16.1. The largest absolute Gasteiger partial charge is 0.468 e. The van der Waals surface area contributed by atoms with Crippen LogP contribution in [0.3, 0.4) is 0 Å². The third kappa shape index (κ3) is 3.68. The van der Waals surface area contributed by atoms with Crippen molar-refractivity contribution in [3.63, 3.8) is 0 Å². The number of ether oxygens (including phenoxy) is 1. The number of benzene rings is 1. The molecule has 0 fully saturated rings. The maximum absolute atomic E-state index is 12.5. The average molecular weight is 397 g/mol. The Bertz CT molecular complexity index is 1080. The molecule has 9 heteroatoms. The number of fused-ring (bicyclic) bond motifs is 1. The van der Waals surface area contributed by atoms with Gasteiger partial charge >= 0.3 is 5.97 Å². The Hall–Kier alpha value is -1.97. The summed E-state index contributed by atoms with van der Waals surface area (Å²) in [4.78, 5) is 12.0. The van der Waals surface area contributed by atoms with Crippen LogP contribution in [0.5, 0.6) is 0 Å². The fourth-order valence-electron chi connectivity index (χ4n) is 2.31. The molecule has 0 amide bonds. The van der Waals surface area contributed by atoms with E-state index in [0.29, 0.717) is 0 Å². The van der Waals surface area contributed by atoms with E-state index < -0.39 is 16.0 Å². The van der Waals surface area contributed by atoms with E-state index in [1.54, 1.807) is 16.0 Å². The van der Waals surface area contributed by atoms with Crippen molar-refractivity contribution < 1.29 is 17.9 Å². The summed E-state index contributed by atoms with van der Waals surface area (Å²) in [5.41, 5.74) is 1.89. The van der Waals surface area contributed by atoms with Crippen LogP contribution in [0.25, 0.3) is 10.2 Å². The van der Waals surface area contributed by atoms with Crippen LogP contribution >= 0.6 is 22.7 Å². The Morgan fingerprint density at radius 1 is 1.32 bits per heavy atom. The van der Waals surface area contributed by atoms with Gasteiger partial charge in [-0.25, -0.2) is 0 Å². The number of methoxy groups -OCH3 is 1. The summed E-state index contributed by atoms with van der Waals surface area (Å²) in [6.45, 7) is 1.95. The van der Waals surface area contributed by atoms with Crippen LogP contribution in [0.2, 0.25) is 0 Å². The van der Waals surface area contributed by atoms with Crippen molar-refractivity contribution in [3.8, 4) is 0 Å². The number of aryl methyl sites for hydroxylation is 1. The summed E-state index contributed by atoms with van der Waals surface area (Å²) < 4.78 is 36.3. The fraction of sp³-hybridized carbons (Fsp3) is 0.250. The summed E-state index contributed by atoms with van der Waals surface area (Å²) in [7, 11) is -2.52. The maximum atomic E-state index is 12.5. The van der Waals surface area contributed by atoms with Crippen LogP contribution in [0.15, 0.2) is 44.3 Å². The highest BCUT2D eigenvalue weighted by Gasteiger charge is 2.17. The predicted molar refractivity (Wildman–Crippen MR) is 98.3 cm³/mol. The molecule has 3 rings (SSSR count). The molecule has 0 bridgehead atoms. The first kappa shape index (κ1) is 17.8. The second-order valence-electron chi connectivity index (χ2n) is 5.20. The minimum atomic E-state index is -3.82. The standard InChI is InChI=1S/C16H16N2O4S3/c1-3-11-6-7-12-13(9-11)24-16(18(12)10-14(19)22-2)17-25(20,21)15-5-4-8-23-15/h4-9H,3,10H2,1-2H3/b17-16-. The summed E-state index contributed by atoms with van der Waals surface area (Å²) in [5, 5.41) is 1.68. The molecule has 0 saturated carbocycles. The van der Waals surface area contributed by atoms with E-state index >= 15 is 0 Å². The minimum absolute atomic E-state index is 0.0965. The first-order chi connectivity index (χ1) is 11.9. The monoisotopic (exact) mass is 396 g/mol. The van der Waals surface area contributed by atoms with E-state index in [0.717, 1.165) is 33.5 Å². The number of carbonyl (C=O) groups is 1. The van der Waals surface area contributed by atoms with Crippen molar-refractivity contribution in [2.24, 2.45) is 4.40 Å². The van der Waals surface area contributed by atoms with Gasteiger partial charge in [-0.15, -0.1) is 15.7 Å². The van der Waals surface area contributed by atoms with Gasteiger partial charge in [0.2, 0.25) is 4.80 Å². The van der Waals surface area contributed by atoms with Crippen molar-refractivity contribution >= 4 is 48.9 Å². The first-order valence-electron chi connectivity index (χ1n) is 7.48. The molecule has 2 heterocycles. The van der Waals surface area contributed by atoms with Crippen LogP contribution in [0.1, 0.15) is 12.5 Å². The van der Waals surface area contributed by atoms with Crippen molar-refractivity contribution in [1.29, 1.82) is 0 Å². The zero-order chi connectivity index (χ0) is 18.0. The third-order valence-electron chi connectivity index (χ3n) is 3.62. The lowest BCUT2D eigenvalue weighted by Gasteiger charge is -2.04. The zero-order valence-electron chi connectivity index (χ0n) is 13.6. The Kier molecular flexibility index (Phi) is 5.07. The lowest BCUT2D eigenvalue weighted by molar-refractivity contribution is -0.141. The van der Waals surface area contributed by atoms with Crippen LogP contribution in [-0.2, 0) is 32.5 Å². The molecule has 3 aromatic rings. The number of esters is 1. The van der Waals surface area contributed by atoms with Gasteiger partial charge in [-0.2, -0.15) is 8.42 Å². The maximum Gasteiger partial charge on any atom is 0.325 e. The van der Waals surface area contributed by atoms with E-state index in [4.69, 9.17) is 4.74 Å². The number of carbonyl (C=O) groups excluding carboxylic acids is 1. The van der Waals surface area contributed by atoms with E-state index in [2.05, 4.69) is 4.40 Å². The Labute approximate surface area is 153 Å². The highest BCUT2D eigenvalue weighted by atomic mass is 32.2. The molecule has 2 aromatic heterocycles. The molecule has 6 nitrogen and oxygen atoms in total. The van der Waals surface area contributed by atoms with Crippen molar-refractivity contribution in [2.75, 3.05) is 7.11 Å². The smallest absolute Gasteiger partial charge is 0.325 e. The number of hydrogen-bond acceptors (Lipinski definition) is 6. The van der Waals surface area contributed by atoms with Gasteiger partial charge < -0.3 is 9.30 Å². The minimum Gasteiger partial charge on any atom is -0.468 e. The molecular weight excluding hydrogens is 380 g/mol. The molecule has 25 heavy (non-hydrogen) atoms. The van der Waals surface area contributed by atoms with Crippen LogP contribution in [0, 0.1) is 0 Å². The van der Waals surface area contributed by atoms with Gasteiger partial charge in [-0.3, -0.25) is 4.79 Å². The summed E-state index contributed by atoms with van der Waals surface area (Å²) >= 11 is 2.35. The van der Waals surface area contributed by atoms with E-state index in [1.165, 1.54) is 24.5 Å². The van der Waals surface area contributed by atoms with Gasteiger partial charge in [-0.05, 0) is 35.6 Å². The number of sulfonamides is 1. The van der Waals surface area contributed by atoms with Crippen LogP contribution in [-0.4, -0.2) is 26.1 Å². The van der Waals surface area contributed by atoms with Gasteiger partial charge in [0.25, 0.3) is 10.0 Å². The molecular formula is C16H16N2O4S3. The van der Waals surface area contributed by atoms with Crippen LogP contribution < -0.4 is 4.80 Å². The summed E-state index contributed by atoms with van der Waals surface area (Å²) in [6, 6.07) is 9.00. The highest BCUT2D eigenvalue weighted by molar-refractivity contribution is 7.92. The lowest BCUT2D eigenvalue weighted by atomic mass is 10.2. The van der Waals surface area contributed by atoms with Gasteiger partial charge in [0.1, 0.15) is 10.8 Å². The molecule has 0 aliphatic rings. The number of thiazole rings is 1. The second kappa shape index (κ2) is 7.11. The quantitative estimate of drug-likeness (QED) is 0.621. The highest BCUT2D eigenvalue weighted by Crippen LogP contribution is 2.22. The van der Waals surface area contributed by atoms with Gasteiger partial charge in [0.15, 0.2) is 0 Å². The topological polar surface area (TPSA) is 77.7 Å². The summed E-state index contributed by atoms with van der Waals surface area (Å²) in [5.74, 6) is -0.464. The SMILES string of the molecule is CCc1ccc2c(c1)s/c(=N\S(=O)(=O)c1cccs1)n2CC(=O)OC. The number of nitrogens with zero attached hydrogens (tertiary/aromatic N) is 2. The average Bonchev–Trinajstić information content (AvgIpc) is 3.23. The number of rotatable bonds is 5. The molecule has 1 aromatic carbocycles. The fourth-order valence-corrected chi connectivity index (χ4v) is 5.58. The Morgan fingerprint density at radius 2 is 2.12 bits per heavy atom. The van der Waals surface area contributed by atoms with Crippen molar-refractivity contribution in [3.05, 3.63) is 46.1 Å². The molecule has 0 aliphatic heterocycles. The van der Waals surface area contributed by atoms with Gasteiger partial charge in [-0.1, -0.05) is 30.4 Å². The normalized spacial score (nSPS) is 12.6. The van der Waals surface area contributed by atoms with E-state index in [9.17, 15) is 13.2 Å². The third-order valence-corrected chi connectivity index (χ3v) is 7.41. The van der Waals surface area contributed by atoms with E-state index in [-0.39, 0.29) is 15.6 Å². The Morgan fingerprint density at radius 3 is 2.76 bits per heavy atom.